The summed E-state index contributed by atoms with van der Waals surface area (Å²) < 4.78 is 4.85. The fourth-order valence-electron chi connectivity index (χ4n) is 4.46. The van der Waals surface area contributed by atoms with Crippen LogP contribution in [0.4, 0.5) is 5.69 Å². The number of rotatable bonds is 4. The molecule has 0 bridgehead atoms. The third-order valence-corrected chi connectivity index (χ3v) is 6.33. The number of anilines is 1. The molecule has 2 aliphatic rings. The maximum Gasteiger partial charge on any atom is 0.308 e. The van der Waals surface area contributed by atoms with Crippen molar-refractivity contribution in [1.29, 1.82) is 5.26 Å². The van der Waals surface area contributed by atoms with Crippen LogP contribution < -0.4 is 4.90 Å². The molecule has 6 nitrogen and oxygen atoms in total. The number of ether oxygens (including phenoxy) is 1. The number of esters is 1. The van der Waals surface area contributed by atoms with Gasteiger partial charge in [-0.25, -0.2) is 0 Å². The highest BCUT2D eigenvalue weighted by atomic mass is 16.5. The minimum atomic E-state index is -0.123. The van der Waals surface area contributed by atoms with Gasteiger partial charge in [0.2, 0.25) is 5.91 Å². The summed E-state index contributed by atoms with van der Waals surface area (Å²) in [6.45, 7) is 1.70. The Bertz CT molecular complexity index is 724. The Morgan fingerprint density at radius 1 is 1.04 bits per heavy atom. The van der Waals surface area contributed by atoms with Crippen LogP contribution in [-0.4, -0.2) is 50.1 Å². The van der Waals surface area contributed by atoms with Crippen LogP contribution in [0.3, 0.4) is 0 Å². The molecule has 1 saturated heterocycles. The quantitative estimate of drug-likeness (QED) is 0.748. The molecule has 1 aliphatic carbocycles. The highest BCUT2D eigenvalue weighted by Crippen LogP contribution is 2.30. The zero-order chi connectivity index (χ0) is 20.1. The zero-order valence-electron chi connectivity index (χ0n) is 16.8. The molecule has 1 amide bonds. The number of nitriles is 1. The van der Waals surface area contributed by atoms with E-state index >= 15 is 0 Å². The van der Waals surface area contributed by atoms with Gasteiger partial charge in [-0.15, -0.1) is 0 Å². The summed E-state index contributed by atoms with van der Waals surface area (Å²) in [6, 6.07) is 10.0. The van der Waals surface area contributed by atoms with Crippen molar-refractivity contribution < 1.29 is 14.3 Å². The Morgan fingerprint density at radius 3 is 2.18 bits per heavy atom. The molecule has 150 valence electrons. The summed E-state index contributed by atoms with van der Waals surface area (Å²) in [7, 11) is 3.35. The summed E-state index contributed by atoms with van der Waals surface area (Å²) in [5.74, 6) is 0.168. The number of hydrogen-bond donors (Lipinski definition) is 0. The lowest BCUT2D eigenvalue weighted by Gasteiger charge is -2.38. The second-order valence-corrected chi connectivity index (χ2v) is 7.90. The minimum Gasteiger partial charge on any atom is -0.469 e. The first kappa shape index (κ1) is 20.2. The van der Waals surface area contributed by atoms with Crippen LogP contribution in [0, 0.1) is 23.2 Å². The van der Waals surface area contributed by atoms with Crippen LogP contribution in [0.25, 0.3) is 0 Å². The fourth-order valence-corrected chi connectivity index (χ4v) is 4.46. The van der Waals surface area contributed by atoms with Crippen LogP contribution in [0.1, 0.15) is 44.1 Å². The standard InChI is InChI=1S/C22H29N3O3/c1-24(19-9-5-18(6-10-19)22(27)28-2)21(26)17-11-13-25(14-12-17)20-7-3-16(15-23)4-8-20/h3-4,7-8,17-19H,5-6,9-14H2,1-2H3. The molecular formula is C22H29N3O3. The molecule has 0 radical (unpaired) electrons. The number of piperidine rings is 1. The number of carbonyl (C=O) groups is 2. The van der Waals surface area contributed by atoms with E-state index in [4.69, 9.17) is 10.00 Å². The molecule has 0 atom stereocenters. The predicted molar refractivity (Wildman–Crippen MR) is 107 cm³/mol. The van der Waals surface area contributed by atoms with E-state index in [2.05, 4.69) is 11.0 Å². The van der Waals surface area contributed by atoms with Crippen molar-refractivity contribution in [2.45, 2.75) is 44.6 Å². The lowest BCUT2D eigenvalue weighted by molar-refractivity contribution is -0.147. The van der Waals surface area contributed by atoms with E-state index < -0.39 is 0 Å². The van der Waals surface area contributed by atoms with E-state index in [0.29, 0.717) is 5.56 Å². The lowest BCUT2D eigenvalue weighted by Crippen LogP contribution is -2.46. The number of amides is 1. The van der Waals surface area contributed by atoms with Crippen molar-refractivity contribution in [2.75, 3.05) is 32.1 Å². The Kier molecular flexibility index (Phi) is 6.56. The minimum absolute atomic E-state index is 0.0135. The highest BCUT2D eigenvalue weighted by Gasteiger charge is 2.34. The van der Waals surface area contributed by atoms with Crippen molar-refractivity contribution in [3.63, 3.8) is 0 Å². The Hall–Kier alpha value is -2.55. The third kappa shape index (κ3) is 4.46. The smallest absolute Gasteiger partial charge is 0.308 e. The van der Waals surface area contributed by atoms with Gasteiger partial charge < -0.3 is 14.5 Å². The first-order chi connectivity index (χ1) is 13.5. The molecule has 3 rings (SSSR count). The van der Waals surface area contributed by atoms with Crippen molar-refractivity contribution >= 4 is 17.6 Å². The summed E-state index contributed by atoms with van der Waals surface area (Å²) in [5, 5.41) is 8.92. The van der Waals surface area contributed by atoms with Crippen LogP contribution >= 0.6 is 0 Å². The molecule has 0 N–H and O–H groups in total. The van der Waals surface area contributed by atoms with Gasteiger partial charge in [0.25, 0.3) is 0 Å². The van der Waals surface area contributed by atoms with Gasteiger partial charge in [-0.05, 0) is 62.8 Å². The first-order valence-electron chi connectivity index (χ1n) is 10.1. The lowest BCUT2D eigenvalue weighted by atomic mass is 9.84. The van der Waals surface area contributed by atoms with Gasteiger partial charge in [0.1, 0.15) is 0 Å². The van der Waals surface area contributed by atoms with Crippen molar-refractivity contribution in [3.05, 3.63) is 29.8 Å². The maximum atomic E-state index is 13.0. The molecule has 0 aromatic heterocycles. The second kappa shape index (κ2) is 9.09. The van der Waals surface area contributed by atoms with Gasteiger partial charge >= 0.3 is 5.97 Å². The van der Waals surface area contributed by atoms with Gasteiger partial charge in [-0.3, -0.25) is 9.59 Å². The average Bonchev–Trinajstić information content (AvgIpc) is 2.78. The number of methoxy groups -OCH3 is 1. The van der Waals surface area contributed by atoms with E-state index in [1.807, 2.05) is 36.2 Å². The summed E-state index contributed by atoms with van der Waals surface area (Å²) >= 11 is 0. The SMILES string of the molecule is COC(=O)C1CCC(N(C)C(=O)C2CCN(c3ccc(C#N)cc3)CC2)CC1. The molecule has 0 spiro atoms. The van der Waals surface area contributed by atoms with Gasteiger partial charge in [0.15, 0.2) is 0 Å². The summed E-state index contributed by atoms with van der Waals surface area (Å²) in [6.07, 6.45) is 5.03. The maximum absolute atomic E-state index is 13.0. The molecule has 1 aromatic rings. The molecule has 28 heavy (non-hydrogen) atoms. The zero-order valence-corrected chi connectivity index (χ0v) is 16.8. The van der Waals surface area contributed by atoms with Gasteiger partial charge in [-0.2, -0.15) is 5.26 Å². The van der Waals surface area contributed by atoms with Gasteiger partial charge in [-0.1, -0.05) is 0 Å². The average molecular weight is 383 g/mol. The monoisotopic (exact) mass is 383 g/mol. The fraction of sp³-hybridized carbons (Fsp3) is 0.591. The van der Waals surface area contributed by atoms with E-state index in [-0.39, 0.29) is 29.8 Å². The molecule has 0 unspecified atom stereocenters. The van der Waals surface area contributed by atoms with Gasteiger partial charge in [0.05, 0.1) is 24.7 Å². The normalized spacial score (nSPS) is 23.0. The van der Waals surface area contributed by atoms with Crippen molar-refractivity contribution in [1.82, 2.24) is 4.90 Å². The molecular weight excluding hydrogens is 354 g/mol. The highest BCUT2D eigenvalue weighted by molar-refractivity contribution is 5.79. The molecule has 2 fully saturated rings. The first-order valence-corrected chi connectivity index (χ1v) is 10.1. The van der Waals surface area contributed by atoms with Crippen molar-refractivity contribution in [2.24, 2.45) is 11.8 Å². The van der Waals surface area contributed by atoms with Gasteiger partial charge in [0, 0.05) is 37.8 Å². The molecule has 1 saturated carbocycles. The van der Waals surface area contributed by atoms with E-state index in [1.165, 1.54) is 7.11 Å². The van der Waals surface area contributed by atoms with E-state index in [0.717, 1.165) is 57.3 Å². The third-order valence-electron chi connectivity index (χ3n) is 6.33. The summed E-state index contributed by atoms with van der Waals surface area (Å²) in [5.41, 5.74) is 1.77. The number of nitrogens with zero attached hydrogens (tertiary/aromatic N) is 3. The van der Waals surface area contributed by atoms with E-state index in [1.54, 1.807) is 0 Å². The molecule has 1 heterocycles. The number of benzene rings is 1. The Labute approximate surface area is 167 Å². The van der Waals surface area contributed by atoms with Crippen molar-refractivity contribution in [3.8, 4) is 6.07 Å². The topological polar surface area (TPSA) is 73.6 Å². The number of hydrogen-bond acceptors (Lipinski definition) is 5. The van der Waals surface area contributed by atoms with Crippen LogP contribution in [0.15, 0.2) is 24.3 Å². The Morgan fingerprint density at radius 2 is 1.64 bits per heavy atom. The number of carbonyl (C=O) groups excluding carboxylic acids is 2. The molecule has 1 aliphatic heterocycles. The Balaban J connectivity index is 1.49. The van der Waals surface area contributed by atoms with Crippen LogP contribution in [0.2, 0.25) is 0 Å². The van der Waals surface area contributed by atoms with Crippen LogP contribution in [-0.2, 0) is 14.3 Å². The molecule has 6 heteroatoms. The summed E-state index contributed by atoms with van der Waals surface area (Å²) in [4.78, 5) is 28.9. The largest absolute Gasteiger partial charge is 0.469 e. The predicted octanol–water partition coefficient (Wildman–Crippen LogP) is 2.96. The van der Waals surface area contributed by atoms with Crippen LogP contribution in [0.5, 0.6) is 0 Å². The second-order valence-electron chi connectivity index (χ2n) is 7.90. The van der Waals surface area contributed by atoms with E-state index in [9.17, 15) is 9.59 Å². The molecule has 1 aromatic carbocycles.